The molecule has 0 fully saturated rings. The highest BCUT2D eigenvalue weighted by Gasteiger charge is 2.15. The molecule has 0 radical (unpaired) electrons. The highest BCUT2D eigenvalue weighted by atomic mass is 32.2. The molecule has 0 aliphatic carbocycles. The molecule has 0 bridgehead atoms. The minimum Gasteiger partial charge on any atom is -0.409 e. The van der Waals surface area contributed by atoms with E-state index in [1.165, 1.54) is 25.3 Å². The van der Waals surface area contributed by atoms with E-state index in [-0.39, 0.29) is 23.1 Å². The topological polar surface area (TPSA) is 102 Å². The number of nitrogens with two attached hydrogens (primary N) is 1. The third kappa shape index (κ3) is 3.43. The Hall–Kier alpha value is -1.60. The van der Waals surface area contributed by atoms with Crippen LogP contribution in [0.25, 0.3) is 0 Å². The number of nitrogens with zero attached hydrogens (tertiary/aromatic N) is 1. The molecule has 7 heteroatoms. The van der Waals surface area contributed by atoms with E-state index in [4.69, 9.17) is 15.7 Å². The van der Waals surface area contributed by atoms with Crippen molar-refractivity contribution in [3.8, 4) is 0 Å². The molecule has 0 aromatic heterocycles. The molecule has 0 spiro atoms. The average molecular weight is 258 g/mol. The van der Waals surface area contributed by atoms with E-state index in [1.807, 2.05) is 0 Å². The van der Waals surface area contributed by atoms with Gasteiger partial charge in [0.2, 0.25) is 0 Å². The zero-order chi connectivity index (χ0) is 12.9. The summed E-state index contributed by atoms with van der Waals surface area (Å²) < 4.78 is 28.4. The van der Waals surface area contributed by atoms with Crippen molar-refractivity contribution < 1.29 is 18.4 Å². The largest absolute Gasteiger partial charge is 0.409 e. The quantitative estimate of drug-likeness (QED) is 0.340. The van der Waals surface area contributed by atoms with Crippen molar-refractivity contribution in [1.29, 1.82) is 0 Å². The number of ether oxygens (including phenoxy) is 1. The van der Waals surface area contributed by atoms with Crippen LogP contribution in [0.15, 0.2) is 34.3 Å². The van der Waals surface area contributed by atoms with Crippen LogP contribution in [-0.2, 0) is 14.6 Å². The highest BCUT2D eigenvalue weighted by molar-refractivity contribution is 7.91. The van der Waals surface area contributed by atoms with Crippen molar-refractivity contribution >= 4 is 15.7 Å². The second-order valence-corrected chi connectivity index (χ2v) is 5.43. The van der Waals surface area contributed by atoms with E-state index < -0.39 is 9.84 Å². The van der Waals surface area contributed by atoms with Crippen molar-refractivity contribution in [2.45, 2.75) is 4.90 Å². The van der Waals surface area contributed by atoms with Gasteiger partial charge in [-0.05, 0) is 12.1 Å². The van der Waals surface area contributed by atoms with Gasteiger partial charge in [-0.2, -0.15) is 0 Å². The Bertz CT molecular complexity index is 511. The lowest BCUT2D eigenvalue weighted by Gasteiger charge is -2.05. The maximum Gasteiger partial charge on any atom is 0.180 e. The molecule has 3 N–H and O–H groups in total. The summed E-state index contributed by atoms with van der Waals surface area (Å²) in [5.74, 6) is -0.239. The summed E-state index contributed by atoms with van der Waals surface area (Å²) in [6.45, 7) is 0.121. The fourth-order valence-electron chi connectivity index (χ4n) is 1.22. The number of hydrogen-bond donors (Lipinski definition) is 2. The van der Waals surface area contributed by atoms with Crippen LogP contribution in [0.3, 0.4) is 0 Å². The third-order valence-electron chi connectivity index (χ3n) is 2.15. The Morgan fingerprint density at radius 3 is 2.82 bits per heavy atom. The van der Waals surface area contributed by atoms with E-state index >= 15 is 0 Å². The van der Waals surface area contributed by atoms with Crippen LogP contribution >= 0.6 is 0 Å². The smallest absolute Gasteiger partial charge is 0.180 e. The normalized spacial score (nSPS) is 12.6. The molecule has 0 aliphatic heterocycles. The molecule has 0 heterocycles. The Morgan fingerprint density at radius 2 is 2.24 bits per heavy atom. The van der Waals surface area contributed by atoms with Gasteiger partial charge in [0.25, 0.3) is 0 Å². The molecule has 1 aromatic rings. The van der Waals surface area contributed by atoms with Crippen LogP contribution in [0.4, 0.5) is 0 Å². The Morgan fingerprint density at radius 1 is 1.53 bits per heavy atom. The molecule has 0 unspecified atom stereocenters. The van der Waals surface area contributed by atoms with Crippen LogP contribution in [0, 0.1) is 0 Å². The first-order valence-corrected chi connectivity index (χ1v) is 6.46. The Labute approximate surface area is 99.6 Å². The van der Waals surface area contributed by atoms with E-state index in [9.17, 15) is 8.42 Å². The molecule has 0 saturated carbocycles. The van der Waals surface area contributed by atoms with Crippen molar-refractivity contribution in [2.24, 2.45) is 10.9 Å². The first kappa shape index (κ1) is 13.5. The van der Waals surface area contributed by atoms with E-state index in [2.05, 4.69) is 5.16 Å². The molecule has 94 valence electrons. The summed E-state index contributed by atoms with van der Waals surface area (Å²) in [6.07, 6.45) is 0. The van der Waals surface area contributed by atoms with Crippen molar-refractivity contribution in [1.82, 2.24) is 0 Å². The number of rotatable bonds is 5. The SMILES string of the molecule is COCCS(=O)(=O)c1cccc(/C(N)=N/O)c1. The van der Waals surface area contributed by atoms with Gasteiger partial charge in [-0.3, -0.25) is 0 Å². The fourth-order valence-corrected chi connectivity index (χ4v) is 2.43. The number of sulfone groups is 1. The zero-order valence-corrected chi connectivity index (χ0v) is 10.1. The molecule has 0 aliphatic rings. The summed E-state index contributed by atoms with van der Waals surface area (Å²) in [7, 11) is -1.97. The minimum absolute atomic E-state index is 0.108. The lowest BCUT2D eigenvalue weighted by atomic mass is 10.2. The monoisotopic (exact) mass is 258 g/mol. The number of oxime groups is 1. The average Bonchev–Trinajstić information content (AvgIpc) is 2.35. The lowest BCUT2D eigenvalue weighted by Crippen LogP contribution is -2.15. The fraction of sp³-hybridized carbons (Fsp3) is 0.300. The van der Waals surface area contributed by atoms with Gasteiger partial charge in [0.05, 0.1) is 17.3 Å². The summed E-state index contributed by atoms with van der Waals surface area (Å²) in [5.41, 5.74) is 5.74. The maximum atomic E-state index is 11.8. The van der Waals surface area contributed by atoms with Crippen LogP contribution in [0.5, 0.6) is 0 Å². The molecule has 17 heavy (non-hydrogen) atoms. The van der Waals surface area contributed by atoms with Crippen LogP contribution in [-0.4, -0.2) is 38.9 Å². The first-order chi connectivity index (χ1) is 8.01. The van der Waals surface area contributed by atoms with Crippen LogP contribution in [0.1, 0.15) is 5.56 Å². The minimum atomic E-state index is -3.40. The number of methoxy groups -OCH3 is 1. The van der Waals surface area contributed by atoms with Crippen molar-refractivity contribution in [3.63, 3.8) is 0 Å². The molecule has 1 aromatic carbocycles. The Balaban J connectivity index is 3.07. The second kappa shape index (κ2) is 5.65. The summed E-state index contributed by atoms with van der Waals surface area (Å²) in [5, 5.41) is 11.3. The van der Waals surface area contributed by atoms with Gasteiger partial charge in [0.1, 0.15) is 0 Å². The highest BCUT2D eigenvalue weighted by Crippen LogP contribution is 2.13. The van der Waals surface area contributed by atoms with E-state index in [1.54, 1.807) is 6.07 Å². The summed E-state index contributed by atoms with van der Waals surface area (Å²) in [6, 6.07) is 5.91. The van der Waals surface area contributed by atoms with Gasteiger partial charge < -0.3 is 15.7 Å². The van der Waals surface area contributed by atoms with Crippen LogP contribution < -0.4 is 5.73 Å². The zero-order valence-electron chi connectivity index (χ0n) is 9.33. The van der Waals surface area contributed by atoms with E-state index in [0.717, 1.165) is 0 Å². The standard InChI is InChI=1S/C10H14N2O4S/c1-16-5-6-17(14,15)9-4-2-3-8(7-9)10(11)12-13/h2-4,7,13H,5-6H2,1H3,(H2,11,12). The molecular formula is C10H14N2O4S. The first-order valence-electron chi connectivity index (χ1n) is 4.81. The van der Waals surface area contributed by atoms with Gasteiger partial charge in [-0.15, -0.1) is 0 Å². The number of hydrogen-bond acceptors (Lipinski definition) is 5. The maximum absolute atomic E-state index is 11.8. The van der Waals surface area contributed by atoms with Gasteiger partial charge in [-0.1, -0.05) is 17.3 Å². The molecule has 0 saturated heterocycles. The van der Waals surface area contributed by atoms with Crippen molar-refractivity contribution in [3.05, 3.63) is 29.8 Å². The van der Waals surface area contributed by atoms with E-state index in [0.29, 0.717) is 5.56 Å². The van der Waals surface area contributed by atoms with Crippen molar-refractivity contribution in [2.75, 3.05) is 19.5 Å². The number of benzene rings is 1. The summed E-state index contributed by atoms with van der Waals surface area (Å²) >= 11 is 0. The predicted molar refractivity (Wildman–Crippen MR) is 62.9 cm³/mol. The van der Waals surface area contributed by atoms with Gasteiger partial charge >= 0.3 is 0 Å². The lowest BCUT2D eigenvalue weighted by molar-refractivity contribution is 0.217. The molecule has 6 nitrogen and oxygen atoms in total. The Kier molecular flexibility index (Phi) is 4.47. The van der Waals surface area contributed by atoms with Crippen LogP contribution in [0.2, 0.25) is 0 Å². The molecule has 0 atom stereocenters. The van der Waals surface area contributed by atoms with Gasteiger partial charge in [0, 0.05) is 12.7 Å². The van der Waals surface area contributed by atoms with Gasteiger partial charge in [0.15, 0.2) is 15.7 Å². The number of amidine groups is 1. The van der Waals surface area contributed by atoms with Gasteiger partial charge in [-0.25, -0.2) is 8.42 Å². The third-order valence-corrected chi connectivity index (χ3v) is 3.83. The molecule has 1 rings (SSSR count). The second-order valence-electron chi connectivity index (χ2n) is 3.32. The predicted octanol–water partition coefficient (Wildman–Crippen LogP) is 0.201. The molecular weight excluding hydrogens is 244 g/mol. The summed E-state index contributed by atoms with van der Waals surface area (Å²) in [4.78, 5) is 0.124. The molecule has 0 amide bonds.